The molecule has 1 aliphatic heterocycles. The van der Waals surface area contributed by atoms with Crippen LogP contribution in [0.3, 0.4) is 0 Å². The van der Waals surface area contributed by atoms with Gasteiger partial charge in [0.25, 0.3) is 0 Å². The first-order chi connectivity index (χ1) is 5.41. The molecule has 0 N–H and O–H groups in total. The van der Waals surface area contributed by atoms with E-state index in [1.165, 1.54) is 43.5 Å². The summed E-state index contributed by atoms with van der Waals surface area (Å²) in [6.45, 7) is 5.46. The number of likely N-dealkylation sites (N-methyl/N-ethyl adjacent to an activating group) is 2. The number of hydrogen-bond acceptors (Lipinski definition) is 0. The van der Waals surface area contributed by atoms with Crippen molar-refractivity contribution in [1.29, 1.82) is 0 Å². The van der Waals surface area contributed by atoms with E-state index in [1.54, 1.807) is 0 Å². The van der Waals surface area contributed by atoms with Gasteiger partial charge in [-0.1, -0.05) is 0 Å². The molecule has 0 saturated carbocycles. The van der Waals surface area contributed by atoms with Gasteiger partial charge >= 0.3 is 0 Å². The van der Waals surface area contributed by atoms with Gasteiger partial charge in [-0.3, -0.25) is 0 Å². The Morgan fingerprint density at radius 3 is 1.79 bits per heavy atom. The Kier molecular flexibility index (Phi) is 8.70. The number of halogens is 2. The second-order valence-corrected chi connectivity index (χ2v) is 5.51. The Hall–Kier alpha value is 1.38. The fourth-order valence-corrected chi connectivity index (χ4v) is 1.86. The van der Waals surface area contributed by atoms with Gasteiger partial charge in [0.05, 0.1) is 41.3 Å². The third-order valence-corrected chi connectivity index (χ3v) is 2.96. The molecule has 0 aromatic carbocycles. The average molecular weight is 426 g/mol. The summed E-state index contributed by atoms with van der Waals surface area (Å²) in [5, 5.41) is 0. The molecule has 1 aliphatic rings. The van der Waals surface area contributed by atoms with Crippen LogP contribution in [-0.2, 0) is 0 Å². The van der Waals surface area contributed by atoms with Crippen molar-refractivity contribution < 1.29 is 56.9 Å². The minimum atomic E-state index is 0. The zero-order chi connectivity index (χ0) is 9.24. The molecule has 1 saturated heterocycles. The highest BCUT2D eigenvalue weighted by Crippen LogP contribution is 2.15. The second-order valence-electron chi connectivity index (χ2n) is 5.51. The first kappa shape index (κ1) is 17.8. The van der Waals surface area contributed by atoms with E-state index in [-0.39, 0.29) is 48.0 Å². The summed E-state index contributed by atoms with van der Waals surface area (Å²) >= 11 is 0. The molecule has 0 aromatic rings. The minimum absolute atomic E-state index is 0. The van der Waals surface area contributed by atoms with Crippen molar-refractivity contribution in [1.82, 2.24) is 0 Å². The van der Waals surface area contributed by atoms with Crippen LogP contribution in [0.1, 0.15) is 12.8 Å². The quantitative estimate of drug-likeness (QED) is 0.313. The van der Waals surface area contributed by atoms with Crippen LogP contribution in [0.2, 0.25) is 0 Å². The standard InChI is InChI=1S/C10H24N2.2HI/c1-11(2,3)9-10-12(4)7-5-6-8-12;;/h5-10H2,1-4H3;2*1H/q+2;;/p-2. The Morgan fingerprint density at radius 1 is 1.00 bits per heavy atom. The van der Waals surface area contributed by atoms with E-state index in [1.807, 2.05) is 0 Å². The average Bonchev–Trinajstić information content (AvgIpc) is 2.32. The smallest absolute Gasteiger partial charge is 0.128 e. The molecule has 1 heterocycles. The summed E-state index contributed by atoms with van der Waals surface area (Å²) in [4.78, 5) is 0. The maximum absolute atomic E-state index is 2.41. The lowest BCUT2D eigenvalue weighted by Gasteiger charge is -2.33. The van der Waals surface area contributed by atoms with E-state index >= 15 is 0 Å². The van der Waals surface area contributed by atoms with Crippen LogP contribution in [0.5, 0.6) is 0 Å². The second kappa shape index (κ2) is 6.85. The first-order valence-electron chi connectivity index (χ1n) is 5.05. The van der Waals surface area contributed by atoms with Gasteiger partial charge in [-0.25, -0.2) is 0 Å². The van der Waals surface area contributed by atoms with Gasteiger partial charge in [-0.15, -0.1) is 0 Å². The summed E-state index contributed by atoms with van der Waals surface area (Å²) < 4.78 is 2.42. The molecule has 0 amide bonds. The first-order valence-corrected chi connectivity index (χ1v) is 5.05. The van der Waals surface area contributed by atoms with E-state index in [4.69, 9.17) is 0 Å². The third-order valence-electron chi connectivity index (χ3n) is 2.96. The van der Waals surface area contributed by atoms with E-state index in [0.29, 0.717) is 0 Å². The number of likely N-dealkylation sites (tertiary alicyclic amines) is 1. The maximum Gasteiger partial charge on any atom is 0.128 e. The Labute approximate surface area is 123 Å². The van der Waals surface area contributed by atoms with Crippen molar-refractivity contribution in [2.24, 2.45) is 0 Å². The molecule has 0 radical (unpaired) electrons. The Morgan fingerprint density at radius 2 is 1.43 bits per heavy atom. The molecule has 0 aromatic heterocycles. The number of nitrogens with zero attached hydrogens (tertiary/aromatic N) is 2. The highest BCUT2D eigenvalue weighted by atomic mass is 127. The summed E-state index contributed by atoms with van der Waals surface area (Å²) in [6.07, 6.45) is 2.88. The van der Waals surface area contributed by atoms with Gasteiger partial charge < -0.3 is 56.9 Å². The molecule has 0 spiro atoms. The van der Waals surface area contributed by atoms with Crippen LogP contribution >= 0.6 is 0 Å². The molecule has 0 atom stereocenters. The topological polar surface area (TPSA) is 0 Å². The predicted molar refractivity (Wildman–Crippen MR) is 52.9 cm³/mol. The molecule has 4 heteroatoms. The van der Waals surface area contributed by atoms with Crippen molar-refractivity contribution in [2.45, 2.75) is 12.8 Å². The number of quaternary nitrogens is 2. The van der Waals surface area contributed by atoms with Crippen LogP contribution in [0, 0.1) is 0 Å². The van der Waals surface area contributed by atoms with E-state index in [9.17, 15) is 0 Å². The number of hydrogen-bond donors (Lipinski definition) is 0. The molecule has 1 rings (SSSR count). The molecule has 88 valence electrons. The zero-order valence-corrected chi connectivity index (χ0v) is 14.2. The monoisotopic (exact) mass is 426 g/mol. The van der Waals surface area contributed by atoms with Crippen LogP contribution in [-0.4, -0.2) is 63.3 Å². The van der Waals surface area contributed by atoms with Crippen LogP contribution in [0.4, 0.5) is 0 Å². The summed E-state index contributed by atoms with van der Waals surface area (Å²) in [6, 6.07) is 0. The maximum atomic E-state index is 2.41. The van der Waals surface area contributed by atoms with Crippen LogP contribution in [0.25, 0.3) is 0 Å². The molecular weight excluding hydrogens is 402 g/mol. The van der Waals surface area contributed by atoms with Crippen molar-refractivity contribution in [3.05, 3.63) is 0 Å². The van der Waals surface area contributed by atoms with Crippen LogP contribution < -0.4 is 48.0 Å². The van der Waals surface area contributed by atoms with Crippen molar-refractivity contribution in [3.8, 4) is 0 Å². The van der Waals surface area contributed by atoms with Gasteiger partial charge in [-0.05, 0) is 0 Å². The van der Waals surface area contributed by atoms with E-state index in [2.05, 4.69) is 28.2 Å². The fraction of sp³-hybridized carbons (Fsp3) is 1.00. The molecule has 0 aliphatic carbocycles. The van der Waals surface area contributed by atoms with E-state index < -0.39 is 0 Å². The molecule has 2 nitrogen and oxygen atoms in total. The molecule has 0 bridgehead atoms. The third kappa shape index (κ3) is 6.79. The highest BCUT2D eigenvalue weighted by Gasteiger charge is 2.28. The van der Waals surface area contributed by atoms with Gasteiger partial charge in [0.15, 0.2) is 0 Å². The molecule has 14 heavy (non-hydrogen) atoms. The molecular formula is C10H24I2N2. The Bertz CT molecular complexity index is 149. The SMILES string of the molecule is C[N+](C)(C)CC[N+]1(C)CCCC1.[I-].[I-]. The van der Waals surface area contributed by atoms with Crippen LogP contribution in [0.15, 0.2) is 0 Å². The lowest BCUT2D eigenvalue weighted by atomic mass is 10.4. The summed E-state index contributed by atoms with van der Waals surface area (Å²) in [5.74, 6) is 0. The number of rotatable bonds is 3. The fourth-order valence-electron chi connectivity index (χ4n) is 1.86. The largest absolute Gasteiger partial charge is 1.00 e. The summed E-state index contributed by atoms with van der Waals surface area (Å²) in [7, 11) is 9.25. The minimum Gasteiger partial charge on any atom is -1.00 e. The van der Waals surface area contributed by atoms with Gasteiger partial charge in [0, 0.05) is 12.8 Å². The van der Waals surface area contributed by atoms with Crippen molar-refractivity contribution in [2.75, 3.05) is 54.4 Å². The molecule has 1 fully saturated rings. The van der Waals surface area contributed by atoms with E-state index in [0.717, 1.165) is 4.48 Å². The van der Waals surface area contributed by atoms with Gasteiger partial charge in [0.1, 0.15) is 13.1 Å². The highest BCUT2D eigenvalue weighted by molar-refractivity contribution is 4.51. The summed E-state index contributed by atoms with van der Waals surface area (Å²) in [5.41, 5.74) is 0. The normalized spacial score (nSPS) is 19.7. The molecule has 0 unspecified atom stereocenters. The lowest BCUT2D eigenvalue weighted by Crippen LogP contribution is -3.00. The zero-order valence-electron chi connectivity index (χ0n) is 9.89. The van der Waals surface area contributed by atoms with Crippen molar-refractivity contribution >= 4 is 0 Å². The predicted octanol–water partition coefficient (Wildman–Crippen LogP) is -5.06. The van der Waals surface area contributed by atoms with Crippen molar-refractivity contribution in [3.63, 3.8) is 0 Å². The van der Waals surface area contributed by atoms with Gasteiger partial charge in [-0.2, -0.15) is 0 Å². The lowest BCUT2D eigenvalue weighted by molar-refractivity contribution is -0.941. The van der Waals surface area contributed by atoms with Gasteiger partial charge in [0.2, 0.25) is 0 Å². The Balaban J connectivity index is 0.